The molecule has 3 atom stereocenters. The number of ether oxygens (including phenoxy) is 1. The van der Waals surface area contributed by atoms with Gasteiger partial charge in [-0.05, 0) is 71.2 Å². The van der Waals surface area contributed by atoms with Gasteiger partial charge < -0.3 is 36.4 Å². The molecule has 0 spiro atoms. The Bertz CT molecular complexity index is 1920. The number of nitrogens with one attached hydrogen (secondary N) is 5. The Morgan fingerprint density at radius 3 is 2.11 bits per heavy atom. The van der Waals surface area contributed by atoms with Crippen molar-refractivity contribution in [3.05, 3.63) is 125 Å². The molecule has 1 aliphatic heterocycles. The summed E-state index contributed by atoms with van der Waals surface area (Å²) in [5.41, 5.74) is 5.79. The number of phenolic OH excluding ortho intramolecular Hbond substituents is 1. The first-order chi connectivity index (χ1) is 26.7. The molecule has 0 bridgehead atoms. The normalized spacial score (nSPS) is 18.5. The van der Waals surface area contributed by atoms with Crippen molar-refractivity contribution in [1.29, 1.82) is 0 Å². The maximum Gasteiger partial charge on any atom is 0.407 e. The van der Waals surface area contributed by atoms with Crippen molar-refractivity contribution in [2.75, 3.05) is 19.7 Å². The van der Waals surface area contributed by atoms with Gasteiger partial charge in [0.2, 0.25) is 23.6 Å². The number of carbonyl (C=O) groups is 5. The molecule has 12 nitrogen and oxygen atoms in total. The van der Waals surface area contributed by atoms with Gasteiger partial charge >= 0.3 is 6.09 Å². The lowest BCUT2D eigenvalue weighted by molar-refractivity contribution is -0.132. The van der Waals surface area contributed by atoms with E-state index in [2.05, 4.69) is 38.7 Å². The number of hydrogen-bond donors (Lipinski definition) is 6. The van der Waals surface area contributed by atoms with Gasteiger partial charge in [0.25, 0.3) is 0 Å². The lowest BCUT2D eigenvalue weighted by Crippen LogP contribution is -2.57. The van der Waals surface area contributed by atoms with Crippen LogP contribution in [-0.2, 0) is 36.8 Å². The van der Waals surface area contributed by atoms with Crippen LogP contribution in [0.5, 0.6) is 5.75 Å². The lowest BCUT2D eigenvalue weighted by atomic mass is 9.98. The first-order valence-electron chi connectivity index (χ1n) is 18.8. The molecule has 0 aromatic heterocycles. The number of fused-ring (bicyclic) bond motifs is 3. The number of phenols is 1. The summed E-state index contributed by atoms with van der Waals surface area (Å²) in [5, 5.41) is 23.9. The summed E-state index contributed by atoms with van der Waals surface area (Å²) in [4.78, 5) is 67.2. The van der Waals surface area contributed by atoms with Crippen LogP contribution in [0, 0.1) is 0 Å². The number of benzene rings is 4. The number of carbonyl (C=O) groups excluding carboxylic acids is 5. The van der Waals surface area contributed by atoms with E-state index in [4.69, 9.17) is 4.74 Å². The van der Waals surface area contributed by atoms with Crippen molar-refractivity contribution >= 4 is 29.7 Å². The minimum Gasteiger partial charge on any atom is -0.508 e. The summed E-state index contributed by atoms with van der Waals surface area (Å²) in [6.45, 7) is 0.694. The molecule has 286 valence electrons. The number of aromatic hydroxyl groups is 1. The van der Waals surface area contributed by atoms with Crippen LogP contribution in [0.4, 0.5) is 4.79 Å². The Morgan fingerprint density at radius 1 is 0.745 bits per heavy atom. The van der Waals surface area contributed by atoms with Gasteiger partial charge in [-0.15, -0.1) is 0 Å². The molecule has 1 saturated heterocycles. The number of rotatable bonds is 9. The summed E-state index contributed by atoms with van der Waals surface area (Å²) in [7, 11) is 0. The fraction of sp³-hybridized carbons (Fsp3) is 0.326. The average molecular weight is 746 g/mol. The van der Waals surface area contributed by atoms with Crippen LogP contribution in [0.25, 0.3) is 11.1 Å². The first kappa shape index (κ1) is 38.6. The van der Waals surface area contributed by atoms with Crippen LogP contribution in [-0.4, -0.2) is 72.7 Å². The zero-order chi connectivity index (χ0) is 38.6. The summed E-state index contributed by atoms with van der Waals surface area (Å²) >= 11 is 0. The van der Waals surface area contributed by atoms with Gasteiger partial charge in [0.15, 0.2) is 0 Å². The van der Waals surface area contributed by atoms with Gasteiger partial charge in [-0.1, -0.05) is 91.0 Å². The van der Waals surface area contributed by atoms with Gasteiger partial charge in [0, 0.05) is 38.3 Å². The second kappa shape index (κ2) is 18.7. The van der Waals surface area contributed by atoms with E-state index in [9.17, 15) is 29.1 Å². The zero-order valence-corrected chi connectivity index (χ0v) is 30.6. The third kappa shape index (κ3) is 10.5. The van der Waals surface area contributed by atoms with E-state index in [-0.39, 0.29) is 56.4 Å². The maximum absolute atomic E-state index is 14.1. The molecule has 0 unspecified atom stereocenters. The van der Waals surface area contributed by atoms with Crippen molar-refractivity contribution < 1.29 is 33.8 Å². The molecule has 6 N–H and O–H groups in total. The van der Waals surface area contributed by atoms with E-state index in [1.54, 1.807) is 12.1 Å². The fourth-order valence-corrected chi connectivity index (χ4v) is 7.11. The van der Waals surface area contributed by atoms with Crippen LogP contribution in [0.15, 0.2) is 103 Å². The first-order valence-corrected chi connectivity index (χ1v) is 18.8. The fourth-order valence-electron chi connectivity index (χ4n) is 7.11. The summed E-state index contributed by atoms with van der Waals surface area (Å²) in [6, 6.07) is 28.4. The SMILES string of the molecule is O=C1CCCNC(=O)[C@H](Cc2ccc(O)cc2)NC(=O)[C@@H](NC(=O)[C@H](Cc2ccccc2)NC(=O)OCC2c3ccccc3-c3ccccc32)CCCCN1. The quantitative estimate of drug-likeness (QED) is 0.149. The monoisotopic (exact) mass is 745 g/mol. The Hall–Kier alpha value is -6.17. The molecule has 12 heteroatoms. The molecule has 0 saturated carbocycles. The van der Waals surface area contributed by atoms with E-state index in [0.717, 1.165) is 27.8 Å². The van der Waals surface area contributed by atoms with Crippen molar-refractivity contribution in [1.82, 2.24) is 26.6 Å². The highest BCUT2D eigenvalue weighted by atomic mass is 16.5. The molecule has 0 radical (unpaired) electrons. The molecule has 4 aromatic carbocycles. The topological polar surface area (TPSA) is 175 Å². The number of hydrogen-bond acceptors (Lipinski definition) is 7. The van der Waals surface area contributed by atoms with E-state index in [1.807, 2.05) is 66.7 Å². The highest BCUT2D eigenvalue weighted by Crippen LogP contribution is 2.44. The largest absolute Gasteiger partial charge is 0.508 e. The molecular formula is C43H47N5O7. The van der Waals surface area contributed by atoms with Crippen LogP contribution in [0.3, 0.4) is 0 Å². The molecule has 6 rings (SSSR count). The minimum atomic E-state index is -1.10. The highest BCUT2D eigenvalue weighted by molar-refractivity contribution is 5.94. The molecule has 5 amide bonds. The van der Waals surface area contributed by atoms with E-state index in [1.165, 1.54) is 12.1 Å². The van der Waals surface area contributed by atoms with Gasteiger partial charge in [0.1, 0.15) is 30.5 Å². The summed E-state index contributed by atoms with van der Waals surface area (Å²) in [5.74, 6) is -1.84. The predicted molar refractivity (Wildman–Crippen MR) is 207 cm³/mol. The Morgan fingerprint density at radius 2 is 1.40 bits per heavy atom. The van der Waals surface area contributed by atoms with Gasteiger partial charge in [0.05, 0.1) is 0 Å². The summed E-state index contributed by atoms with van der Waals surface area (Å²) in [6.07, 6.45) is 1.40. The predicted octanol–water partition coefficient (Wildman–Crippen LogP) is 4.25. The molecule has 55 heavy (non-hydrogen) atoms. The standard InChI is InChI=1S/C43H47N5O7/c49-30-21-19-29(20-22-30)26-37-40(51)45-24-10-18-39(50)44-23-9-8-17-36(41(52)47-37)46-42(53)38(25-28-11-2-1-3-12-28)48-43(54)55-27-35-33-15-6-4-13-31(33)32-14-5-7-16-34(32)35/h1-7,11-16,19-22,35-38,49H,8-10,17-18,23-27H2,(H,44,50)(H,45,51)(H,46,53)(H,47,52)(H,48,54)/t36-,37-,38-/m0/s1. The van der Waals surface area contributed by atoms with E-state index >= 15 is 0 Å². The van der Waals surface area contributed by atoms with E-state index < -0.39 is 41.9 Å². The molecule has 1 fully saturated rings. The summed E-state index contributed by atoms with van der Waals surface area (Å²) < 4.78 is 5.79. The second-order valence-electron chi connectivity index (χ2n) is 13.9. The number of alkyl carbamates (subject to hydrolysis) is 1. The Kier molecular flexibility index (Phi) is 13.1. The minimum absolute atomic E-state index is 0.0611. The third-order valence-electron chi connectivity index (χ3n) is 10.00. The van der Waals surface area contributed by atoms with Crippen LogP contribution < -0.4 is 26.6 Å². The highest BCUT2D eigenvalue weighted by Gasteiger charge is 2.32. The molecule has 1 aliphatic carbocycles. The molecule has 2 aliphatic rings. The van der Waals surface area contributed by atoms with Crippen molar-refractivity contribution in [3.63, 3.8) is 0 Å². The number of amides is 5. The van der Waals surface area contributed by atoms with Crippen LogP contribution >= 0.6 is 0 Å². The van der Waals surface area contributed by atoms with Crippen LogP contribution in [0.2, 0.25) is 0 Å². The van der Waals surface area contributed by atoms with Crippen molar-refractivity contribution in [3.8, 4) is 16.9 Å². The third-order valence-corrected chi connectivity index (χ3v) is 10.00. The Balaban J connectivity index is 1.18. The smallest absolute Gasteiger partial charge is 0.407 e. The zero-order valence-electron chi connectivity index (χ0n) is 30.6. The second-order valence-corrected chi connectivity index (χ2v) is 13.9. The van der Waals surface area contributed by atoms with Gasteiger partial charge in [-0.3, -0.25) is 19.2 Å². The lowest BCUT2D eigenvalue weighted by Gasteiger charge is -2.26. The average Bonchev–Trinajstić information content (AvgIpc) is 3.51. The van der Waals surface area contributed by atoms with Crippen LogP contribution in [0.1, 0.15) is 60.3 Å². The van der Waals surface area contributed by atoms with Gasteiger partial charge in [-0.2, -0.15) is 0 Å². The Labute approximate surface area is 320 Å². The molecule has 1 heterocycles. The van der Waals surface area contributed by atoms with Crippen molar-refractivity contribution in [2.24, 2.45) is 0 Å². The van der Waals surface area contributed by atoms with Gasteiger partial charge in [-0.25, -0.2) is 4.79 Å². The van der Waals surface area contributed by atoms with E-state index in [0.29, 0.717) is 31.4 Å². The maximum atomic E-state index is 14.1. The van der Waals surface area contributed by atoms with Crippen molar-refractivity contribution in [2.45, 2.75) is 69.0 Å². The molecular weight excluding hydrogens is 699 g/mol. The molecule has 4 aromatic rings.